The minimum Gasteiger partial charge on any atom is -0.496 e. The molecule has 0 atom stereocenters. The molecule has 2 aromatic heterocycles. The third kappa shape index (κ3) is 6.51. The molecular weight excluding hydrogens is 450 g/mol. The van der Waals surface area contributed by atoms with Gasteiger partial charge >= 0.3 is 5.69 Å². The average molecular weight is 490 g/mol. The zero-order valence-electron chi connectivity index (χ0n) is 22.9. The minimum absolute atomic E-state index is 0.00121. The summed E-state index contributed by atoms with van der Waals surface area (Å²) < 4.78 is 8.38. The molecule has 4 rings (SSSR count). The predicted molar refractivity (Wildman–Crippen MR) is 149 cm³/mol. The first kappa shape index (κ1) is 28.6. The minimum atomic E-state index is -0.240. The highest BCUT2D eigenvalue weighted by molar-refractivity contribution is 5.83. The number of hydrogen-bond donors (Lipinski definition) is 0. The van der Waals surface area contributed by atoms with Crippen LogP contribution in [0.1, 0.15) is 50.8 Å². The van der Waals surface area contributed by atoms with Crippen molar-refractivity contribution in [3.05, 3.63) is 81.9 Å². The molecule has 0 radical (unpaired) electrons. The highest BCUT2D eigenvalue weighted by Crippen LogP contribution is 2.25. The van der Waals surface area contributed by atoms with Crippen molar-refractivity contribution < 1.29 is 9.53 Å². The topological polar surface area (TPSA) is 66.1 Å². The first-order chi connectivity index (χ1) is 17.4. The van der Waals surface area contributed by atoms with Gasteiger partial charge in [0.1, 0.15) is 5.75 Å². The van der Waals surface area contributed by atoms with Crippen LogP contribution in [-0.4, -0.2) is 27.0 Å². The Hall–Kier alpha value is -3.67. The SMILES string of the molecule is CC.CC.COc1ccccc1CCC(=O)Cn1c(=O)n(C)c2cc(-c3cc(C)cc(C)c3)cnc21. The van der Waals surface area contributed by atoms with Gasteiger partial charge in [0, 0.05) is 25.2 Å². The second-order valence-corrected chi connectivity index (χ2v) is 8.22. The molecule has 0 bridgehead atoms. The number of hydrogen-bond acceptors (Lipinski definition) is 4. The van der Waals surface area contributed by atoms with Crippen LogP contribution in [0.2, 0.25) is 0 Å². The first-order valence-corrected chi connectivity index (χ1v) is 12.6. The van der Waals surface area contributed by atoms with Crippen LogP contribution in [0, 0.1) is 13.8 Å². The summed E-state index contributed by atoms with van der Waals surface area (Å²) in [6.45, 7) is 12.1. The number of carbonyl (C=O) groups is 1. The molecule has 0 aliphatic rings. The average Bonchev–Trinajstić information content (AvgIpc) is 3.13. The Morgan fingerprint density at radius 3 is 2.22 bits per heavy atom. The van der Waals surface area contributed by atoms with Gasteiger partial charge in [-0.25, -0.2) is 9.78 Å². The fourth-order valence-electron chi connectivity index (χ4n) is 4.16. The number of rotatable bonds is 7. The molecule has 0 spiro atoms. The summed E-state index contributed by atoms with van der Waals surface area (Å²) in [6.07, 6.45) is 2.66. The normalized spacial score (nSPS) is 10.2. The summed E-state index contributed by atoms with van der Waals surface area (Å²) >= 11 is 0. The summed E-state index contributed by atoms with van der Waals surface area (Å²) in [5, 5.41) is 0. The lowest BCUT2D eigenvalue weighted by molar-refractivity contribution is -0.119. The molecule has 36 heavy (non-hydrogen) atoms. The molecule has 2 aromatic carbocycles. The standard InChI is InChI=1S/C26H27N3O3.2C2H6/c1-17-11-18(2)13-20(12-17)21-14-23-25(27-15-21)29(26(31)28(23)3)16-22(30)10-9-19-7-5-6-8-24(19)32-4;2*1-2/h5-8,11-15H,9-10,16H2,1-4H3;2*1-2H3. The zero-order valence-corrected chi connectivity index (χ0v) is 22.9. The Morgan fingerprint density at radius 2 is 1.58 bits per heavy atom. The van der Waals surface area contributed by atoms with Crippen molar-refractivity contribution in [1.29, 1.82) is 0 Å². The Morgan fingerprint density at radius 1 is 0.944 bits per heavy atom. The molecule has 0 N–H and O–H groups in total. The van der Waals surface area contributed by atoms with E-state index >= 15 is 0 Å². The van der Waals surface area contributed by atoms with Crippen molar-refractivity contribution in [1.82, 2.24) is 14.1 Å². The number of benzene rings is 2. The number of ether oxygens (including phenoxy) is 1. The molecule has 0 saturated carbocycles. The van der Waals surface area contributed by atoms with Crippen molar-refractivity contribution in [3.63, 3.8) is 0 Å². The van der Waals surface area contributed by atoms with E-state index in [1.165, 1.54) is 15.7 Å². The quantitative estimate of drug-likeness (QED) is 0.306. The molecule has 192 valence electrons. The smallest absolute Gasteiger partial charge is 0.330 e. The van der Waals surface area contributed by atoms with Gasteiger partial charge in [-0.15, -0.1) is 0 Å². The van der Waals surface area contributed by atoms with Crippen molar-refractivity contribution in [2.45, 2.75) is 60.9 Å². The monoisotopic (exact) mass is 489 g/mol. The Kier molecular flexibility index (Phi) is 10.7. The maximum absolute atomic E-state index is 12.9. The number of pyridine rings is 1. The fraction of sp³-hybridized carbons (Fsp3) is 0.367. The van der Waals surface area contributed by atoms with Crippen LogP contribution < -0.4 is 10.4 Å². The molecule has 4 aromatic rings. The number of carbonyl (C=O) groups excluding carboxylic acids is 1. The number of methoxy groups -OCH3 is 1. The number of para-hydroxylation sites is 1. The van der Waals surface area contributed by atoms with E-state index in [1.54, 1.807) is 24.9 Å². The maximum Gasteiger partial charge on any atom is 0.330 e. The second-order valence-electron chi connectivity index (χ2n) is 8.22. The number of Topliss-reactive ketones (excluding diaryl/α,β-unsaturated/α-hetero) is 1. The molecule has 6 nitrogen and oxygen atoms in total. The van der Waals surface area contributed by atoms with E-state index in [0.29, 0.717) is 24.0 Å². The summed E-state index contributed by atoms with van der Waals surface area (Å²) in [4.78, 5) is 30.2. The van der Waals surface area contributed by atoms with E-state index in [9.17, 15) is 9.59 Å². The number of aromatic nitrogens is 3. The van der Waals surface area contributed by atoms with Crippen LogP contribution in [0.5, 0.6) is 5.75 Å². The largest absolute Gasteiger partial charge is 0.496 e. The predicted octanol–water partition coefficient (Wildman–Crippen LogP) is 6.28. The van der Waals surface area contributed by atoms with Gasteiger partial charge in [0.2, 0.25) is 0 Å². The van der Waals surface area contributed by atoms with E-state index in [4.69, 9.17) is 4.74 Å². The third-order valence-corrected chi connectivity index (χ3v) is 5.74. The van der Waals surface area contributed by atoms with Gasteiger partial charge in [-0.1, -0.05) is 75.2 Å². The van der Waals surface area contributed by atoms with Crippen LogP contribution in [0.4, 0.5) is 0 Å². The number of nitrogens with zero attached hydrogens (tertiary/aromatic N) is 3. The van der Waals surface area contributed by atoms with Gasteiger partial charge in [0.05, 0.1) is 19.2 Å². The third-order valence-electron chi connectivity index (χ3n) is 5.74. The lowest BCUT2D eigenvalue weighted by Crippen LogP contribution is -2.25. The highest BCUT2D eigenvalue weighted by Gasteiger charge is 2.16. The summed E-state index contributed by atoms with van der Waals surface area (Å²) in [7, 11) is 3.34. The lowest BCUT2D eigenvalue weighted by Gasteiger charge is -2.08. The van der Waals surface area contributed by atoms with Gasteiger partial charge in [-0.05, 0) is 43.5 Å². The molecule has 0 amide bonds. The Balaban J connectivity index is 0.00000109. The number of ketones is 1. The molecule has 0 saturated heterocycles. The molecular formula is C30H39N3O3. The van der Waals surface area contributed by atoms with E-state index in [2.05, 4.69) is 37.0 Å². The van der Waals surface area contributed by atoms with Gasteiger partial charge in [-0.3, -0.25) is 13.9 Å². The van der Waals surface area contributed by atoms with E-state index in [0.717, 1.165) is 22.4 Å². The highest BCUT2D eigenvalue weighted by atomic mass is 16.5. The summed E-state index contributed by atoms with van der Waals surface area (Å²) in [5.74, 6) is 0.744. The first-order valence-electron chi connectivity index (χ1n) is 12.6. The van der Waals surface area contributed by atoms with Crippen LogP contribution in [0.25, 0.3) is 22.3 Å². The van der Waals surface area contributed by atoms with Crippen molar-refractivity contribution in [3.8, 4) is 16.9 Å². The molecule has 0 aliphatic heterocycles. The fourth-order valence-corrected chi connectivity index (χ4v) is 4.16. The van der Waals surface area contributed by atoms with Crippen LogP contribution >= 0.6 is 0 Å². The van der Waals surface area contributed by atoms with Crippen LogP contribution in [0.3, 0.4) is 0 Å². The summed E-state index contributed by atoms with van der Waals surface area (Å²) in [6, 6.07) is 16.0. The maximum atomic E-state index is 12.9. The molecule has 0 aliphatic carbocycles. The van der Waals surface area contributed by atoms with E-state index in [-0.39, 0.29) is 18.0 Å². The number of imidazole rings is 1. The van der Waals surface area contributed by atoms with Gasteiger partial charge in [0.25, 0.3) is 0 Å². The second kappa shape index (κ2) is 13.4. The lowest BCUT2D eigenvalue weighted by atomic mass is 10.0. The van der Waals surface area contributed by atoms with E-state index in [1.807, 2.05) is 58.0 Å². The Labute approximate surface area is 214 Å². The van der Waals surface area contributed by atoms with Crippen LogP contribution in [-0.2, 0) is 24.8 Å². The summed E-state index contributed by atoms with van der Waals surface area (Å²) in [5.41, 5.74) is 6.32. The zero-order chi connectivity index (χ0) is 26.8. The molecule has 0 unspecified atom stereocenters. The molecule has 6 heteroatoms. The van der Waals surface area contributed by atoms with Gasteiger partial charge in [0.15, 0.2) is 11.4 Å². The molecule has 0 fully saturated rings. The number of fused-ring (bicyclic) bond motifs is 1. The van der Waals surface area contributed by atoms with E-state index < -0.39 is 0 Å². The van der Waals surface area contributed by atoms with Crippen molar-refractivity contribution in [2.75, 3.05) is 7.11 Å². The van der Waals surface area contributed by atoms with Crippen molar-refractivity contribution >= 4 is 16.9 Å². The number of aryl methyl sites for hydroxylation is 4. The van der Waals surface area contributed by atoms with Crippen LogP contribution in [0.15, 0.2) is 59.5 Å². The van der Waals surface area contributed by atoms with Crippen molar-refractivity contribution in [2.24, 2.45) is 7.05 Å². The molecule has 2 heterocycles. The Bertz CT molecular complexity index is 1350. The van der Waals surface area contributed by atoms with Gasteiger partial charge < -0.3 is 4.74 Å². The van der Waals surface area contributed by atoms with Gasteiger partial charge in [-0.2, -0.15) is 0 Å².